The van der Waals surface area contributed by atoms with Crippen LogP contribution in [-0.4, -0.2) is 18.4 Å². The van der Waals surface area contributed by atoms with Crippen LogP contribution in [0.4, 0.5) is 0 Å². The average molecular weight is 334 g/mol. The molecule has 0 spiro atoms. The van der Waals surface area contributed by atoms with Gasteiger partial charge in [0.05, 0.1) is 13.2 Å². The highest BCUT2D eigenvalue weighted by molar-refractivity contribution is 9.10. The van der Waals surface area contributed by atoms with Gasteiger partial charge in [0.1, 0.15) is 11.5 Å². The molecule has 2 rings (SSSR count). The first kappa shape index (κ1) is 14.6. The number of ether oxygens (including phenoxy) is 1. The molecule has 2 aromatic rings. The molecule has 0 saturated carbocycles. The van der Waals surface area contributed by atoms with Crippen molar-refractivity contribution in [3.63, 3.8) is 0 Å². The summed E-state index contributed by atoms with van der Waals surface area (Å²) in [6.07, 6.45) is 1.68. The maximum Gasteiger partial charge on any atom is 0.124 e. The van der Waals surface area contributed by atoms with Crippen LogP contribution in [-0.2, 0) is 0 Å². The molecule has 0 aliphatic carbocycles. The Morgan fingerprint density at radius 1 is 1.25 bits per heavy atom. The SMILES string of the molecule is COc1ccccc1[C@H](C)N=Cc1cc(Br)ccc1O. The molecule has 20 heavy (non-hydrogen) atoms. The zero-order valence-electron chi connectivity index (χ0n) is 11.4. The summed E-state index contributed by atoms with van der Waals surface area (Å²) < 4.78 is 6.23. The van der Waals surface area contributed by atoms with Gasteiger partial charge in [0.2, 0.25) is 0 Å². The molecule has 0 aliphatic heterocycles. The second-order valence-electron chi connectivity index (χ2n) is 4.40. The van der Waals surface area contributed by atoms with E-state index in [4.69, 9.17) is 4.74 Å². The Morgan fingerprint density at radius 2 is 2.00 bits per heavy atom. The summed E-state index contributed by atoms with van der Waals surface area (Å²) in [7, 11) is 1.65. The van der Waals surface area contributed by atoms with Gasteiger partial charge >= 0.3 is 0 Å². The van der Waals surface area contributed by atoms with E-state index >= 15 is 0 Å². The minimum atomic E-state index is -0.0514. The van der Waals surface area contributed by atoms with Gasteiger partial charge in [0.15, 0.2) is 0 Å². The molecule has 1 atom stereocenters. The third-order valence-electron chi connectivity index (χ3n) is 3.02. The highest BCUT2D eigenvalue weighted by Crippen LogP contribution is 2.27. The number of para-hydroxylation sites is 1. The molecule has 0 unspecified atom stereocenters. The molecule has 0 heterocycles. The number of aromatic hydroxyl groups is 1. The lowest BCUT2D eigenvalue weighted by Crippen LogP contribution is -1.96. The minimum absolute atomic E-state index is 0.0514. The van der Waals surface area contributed by atoms with E-state index < -0.39 is 0 Å². The van der Waals surface area contributed by atoms with Gasteiger partial charge in [0, 0.05) is 21.8 Å². The molecule has 0 bridgehead atoms. The van der Waals surface area contributed by atoms with Crippen molar-refractivity contribution in [2.75, 3.05) is 7.11 Å². The van der Waals surface area contributed by atoms with Crippen molar-refractivity contribution in [1.82, 2.24) is 0 Å². The van der Waals surface area contributed by atoms with Gasteiger partial charge in [-0.15, -0.1) is 0 Å². The molecular formula is C16H16BrNO2. The van der Waals surface area contributed by atoms with Crippen LogP contribution in [0.5, 0.6) is 11.5 Å². The van der Waals surface area contributed by atoms with Gasteiger partial charge in [-0.3, -0.25) is 4.99 Å². The Hall–Kier alpha value is -1.81. The van der Waals surface area contributed by atoms with E-state index in [0.717, 1.165) is 15.8 Å². The van der Waals surface area contributed by atoms with Crippen LogP contribution in [0.25, 0.3) is 0 Å². The Morgan fingerprint density at radius 3 is 2.75 bits per heavy atom. The molecule has 3 nitrogen and oxygen atoms in total. The molecular weight excluding hydrogens is 318 g/mol. The Balaban J connectivity index is 2.24. The molecule has 0 radical (unpaired) electrons. The first-order valence-electron chi connectivity index (χ1n) is 6.26. The zero-order valence-corrected chi connectivity index (χ0v) is 13.0. The maximum absolute atomic E-state index is 9.78. The van der Waals surface area contributed by atoms with E-state index in [1.807, 2.05) is 37.3 Å². The smallest absolute Gasteiger partial charge is 0.124 e. The second kappa shape index (κ2) is 6.57. The van der Waals surface area contributed by atoms with Crippen LogP contribution < -0.4 is 4.74 Å². The summed E-state index contributed by atoms with van der Waals surface area (Å²) in [5.74, 6) is 1.03. The van der Waals surface area contributed by atoms with Gasteiger partial charge in [-0.25, -0.2) is 0 Å². The molecule has 4 heteroatoms. The predicted octanol–water partition coefficient (Wildman–Crippen LogP) is 4.34. The van der Waals surface area contributed by atoms with Gasteiger partial charge in [-0.1, -0.05) is 34.1 Å². The van der Waals surface area contributed by atoms with E-state index in [1.54, 1.807) is 25.5 Å². The number of halogens is 1. The largest absolute Gasteiger partial charge is 0.507 e. The summed E-state index contributed by atoms with van der Waals surface area (Å²) in [6, 6.07) is 13.0. The van der Waals surface area contributed by atoms with Gasteiger partial charge in [0.25, 0.3) is 0 Å². The molecule has 0 aliphatic rings. The number of hydrogen-bond donors (Lipinski definition) is 1. The quantitative estimate of drug-likeness (QED) is 0.845. The lowest BCUT2D eigenvalue weighted by atomic mass is 10.1. The van der Waals surface area contributed by atoms with E-state index in [2.05, 4.69) is 20.9 Å². The number of benzene rings is 2. The number of phenolic OH excluding ortho intramolecular Hbond substituents is 1. The molecule has 0 amide bonds. The van der Waals surface area contributed by atoms with Crippen molar-refractivity contribution in [2.45, 2.75) is 13.0 Å². The first-order chi connectivity index (χ1) is 9.61. The first-order valence-corrected chi connectivity index (χ1v) is 7.05. The van der Waals surface area contributed by atoms with Crippen molar-refractivity contribution >= 4 is 22.1 Å². The number of phenols is 1. The number of methoxy groups -OCH3 is 1. The van der Waals surface area contributed by atoms with E-state index in [1.165, 1.54) is 0 Å². The van der Waals surface area contributed by atoms with Crippen LogP contribution in [0.2, 0.25) is 0 Å². The normalized spacial score (nSPS) is 12.6. The zero-order chi connectivity index (χ0) is 14.5. The molecule has 0 fully saturated rings. The fourth-order valence-electron chi connectivity index (χ4n) is 1.91. The Labute approximate surface area is 127 Å². The number of nitrogens with zero attached hydrogens (tertiary/aromatic N) is 1. The minimum Gasteiger partial charge on any atom is -0.507 e. The predicted molar refractivity (Wildman–Crippen MR) is 84.8 cm³/mol. The fraction of sp³-hybridized carbons (Fsp3) is 0.188. The molecule has 1 N–H and O–H groups in total. The fourth-order valence-corrected chi connectivity index (χ4v) is 2.29. The highest BCUT2D eigenvalue weighted by atomic mass is 79.9. The topological polar surface area (TPSA) is 41.8 Å². The van der Waals surface area contributed by atoms with Crippen molar-refractivity contribution in [1.29, 1.82) is 0 Å². The number of rotatable bonds is 4. The molecule has 104 valence electrons. The Bertz CT molecular complexity index is 626. The standard InChI is InChI=1S/C16H16BrNO2/c1-11(14-5-3-4-6-16(14)20-2)18-10-12-9-13(17)7-8-15(12)19/h3-11,19H,1-2H3/t11-/m0/s1. The lowest BCUT2D eigenvalue weighted by molar-refractivity contribution is 0.407. The summed E-state index contributed by atoms with van der Waals surface area (Å²) >= 11 is 3.38. The lowest BCUT2D eigenvalue weighted by Gasteiger charge is -2.11. The van der Waals surface area contributed by atoms with Crippen LogP contribution in [0.15, 0.2) is 51.9 Å². The van der Waals surface area contributed by atoms with Crippen LogP contribution in [0, 0.1) is 0 Å². The Kier molecular flexibility index (Phi) is 4.79. The van der Waals surface area contributed by atoms with Crippen molar-refractivity contribution in [2.24, 2.45) is 4.99 Å². The van der Waals surface area contributed by atoms with E-state index in [0.29, 0.717) is 5.56 Å². The summed E-state index contributed by atoms with van der Waals surface area (Å²) in [4.78, 5) is 4.49. The maximum atomic E-state index is 9.78. The second-order valence-corrected chi connectivity index (χ2v) is 5.31. The van der Waals surface area contributed by atoms with E-state index in [-0.39, 0.29) is 11.8 Å². The van der Waals surface area contributed by atoms with Crippen LogP contribution in [0.3, 0.4) is 0 Å². The monoisotopic (exact) mass is 333 g/mol. The summed E-state index contributed by atoms with van der Waals surface area (Å²) in [5.41, 5.74) is 1.70. The number of aliphatic imine (C=N–C) groups is 1. The third kappa shape index (κ3) is 3.39. The van der Waals surface area contributed by atoms with Crippen LogP contribution in [0.1, 0.15) is 24.1 Å². The van der Waals surface area contributed by atoms with Gasteiger partial charge in [-0.2, -0.15) is 0 Å². The van der Waals surface area contributed by atoms with Gasteiger partial charge < -0.3 is 9.84 Å². The van der Waals surface area contributed by atoms with Gasteiger partial charge in [-0.05, 0) is 31.2 Å². The van der Waals surface area contributed by atoms with Crippen molar-refractivity contribution in [3.8, 4) is 11.5 Å². The molecule has 2 aromatic carbocycles. The van der Waals surface area contributed by atoms with Crippen LogP contribution >= 0.6 is 15.9 Å². The van der Waals surface area contributed by atoms with Crippen molar-refractivity contribution in [3.05, 3.63) is 58.1 Å². The van der Waals surface area contributed by atoms with E-state index in [9.17, 15) is 5.11 Å². The number of hydrogen-bond acceptors (Lipinski definition) is 3. The average Bonchev–Trinajstić information content (AvgIpc) is 2.47. The van der Waals surface area contributed by atoms with Crippen molar-refractivity contribution < 1.29 is 9.84 Å². The summed E-state index contributed by atoms with van der Waals surface area (Å²) in [5, 5.41) is 9.78. The molecule has 0 aromatic heterocycles. The summed E-state index contributed by atoms with van der Waals surface area (Å²) in [6.45, 7) is 1.99. The third-order valence-corrected chi connectivity index (χ3v) is 3.51. The molecule has 0 saturated heterocycles. The highest BCUT2D eigenvalue weighted by Gasteiger charge is 2.09.